The Morgan fingerprint density at radius 1 is 1.24 bits per heavy atom. The molecule has 0 radical (unpaired) electrons. The first-order valence-electron chi connectivity index (χ1n) is 8.69. The van der Waals surface area contributed by atoms with Crippen LogP contribution in [0.1, 0.15) is 40.2 Å². The van der Waals surface area contributed by atoms with Crippen LogP contribution in [0.2, 0.25) is 0 Å². The van der Waals surface area contributed by atoms with Crippen LogP contribution in [-0.4, -0.2) is 47.8 Å². The summed E-state index contributed by atoms with van der Waals surface area (Å²) in [5, 5.41) is 7.81. The quantitative estimate of drug-likeness (QED) is 0.889. The highest BCUT2D eigenvalue weighted by Gasteiger charge is 2.27. The van der Waals surface area contributed by atoms with E-state index < -0.39 is 0 Å². The minimum atomic E-state index is 0. The van der Waals surface area contributed by atoms with E-state index >= 15 is 0 Å². The molecule has 2 aromatic rings. The summed E-state index contributed by atoms with van der Waals surface area (Å²) in [5.41, 5.74) is 5.24. The van der Waals surface area contributed by atoms with E-state index in [-0.39, 0.29) is 18.3 Å². The molecule has 0 saturated carbocycles. The van der Waals surface area contributed by atoms with Crippen molar-refractivity contribution < 1.29 is 4.79 Å². The van der Waals surface area contributed by atoms with E-state index in [1.807, 2.05) is 18.8 Å². The number of amides is 1. The van der Waals surface area contributed by atoms with Gasteiger partial charge in [0.25, 0.3) is 5.91 Å². The van der Waals surface area contributed by atoms with Crippen LogP contribution in [0.15, 0.2) is 24.3 Å². The summed E-state index contributed by atoms with van der Waals surface area (Å²) in [4.78, 5) is 14.6. The van der Waals surface area contributed by atoms with Gasteiger partial charge in [-0.3, -0.25) is 4.79 Å². The standard InChI is InChI=1S/C19H26N4O.ClH/c1-14-8-10-15(11-9-14)23-17-7-5-4-6-16(17)18(21-23)19(24)22(3)13-12-20-2;/h8-11,20H,4-7,12-13H2,1-3H3;1H. The number of carbonyl (C=O) groups excluding carboxylic acids is 1. The Kier molecular flexibility index (Phi) is 6.62. The van der Waals surface area contributed by atoms with Crippen molar-refractivity contribution in [2.24, 2.45) is 0 Å². The van der Waals surface area contributed by atoms with Crippen LogP contribution in [0, 0.1) is 6.92 Å². The number of rotatable bonds is 5. The normalized spacial score (nSPS) is 13.1. The van der Waals surface area contributed by atoms with Gasteiger partial charge in [0.1, 0.15) is 0 Å². The van der Waals surface area contributed by atoms with Crippen molar-refractivity contribution in [1.29, 1.82) is 0 Å². The Hall–Kier alpha value is -1.85. The molecular weight excluding hydrogens is 336 g/mol. The van der Waals surface area contributed by atoms with E-state index in [1.165, 1.54) is 11.3 Å². The molecule has 1 heterocycles. The molecular formula is C19H27ClN4O. The third-order valence-electron chi connectivity index (χ3n) is 4.71. The van der Waals surface area contributed by atoms with Crippen LogP contribution >= 0.6 is 12.4 Å². The van der Waals surface area contributed by atoms with E-state index in [0.29, 0.717) is 12.2 Å². The van der Waals surface area contributed by atoms with Gasteiger partial charge in [-0.2, -0.15) is 5.10 Å². The summed E-state index contributed by atoms with van der Waals surface area (Å²) in [6, 6.07) is 8.34. The van der Waals surface area contributed by atoms with Crippen molar-refractivity contribution >= 4 is 18.3 Å². The highest BCUT2D eigenvalue weighted by atomic mass is 35.5. The third kappa shape index (κ3) is 4.05. The van der Waals surface area contributed by atoms with Gasteiger partial charge in [-0.15, -0.1) is 12.4 Å². The second kappa shape index (κ2) is 8.50. The molecule has 0 fully saturated rings. The van der Waals surface area contributed by atoms with Crippen LogP contribution < -0.4 is 5.32 Å². The third-order valence-corrected chi connectivity index (χ3v) is 4.71. The zero-order valence-corrected chi connectivity index (χ0v) is 16.0. The van der Waals surface area contributed by atoms with E-state index in [4.69, 9.17) is 5.10 Å². The monoisotopic (exact) mass is 362 g/mol. The van der Waals surface area contributed by atoms with Crippen LogP contribution in [0.4, 0.5) is 0 Å². The molecule has 1 aromatic heterocycles. The van der Waals surface area contributed by atoms with Gasteiger partial charge in [0, 0.05) is 31.4 Å². The van der Waals surface area contributed by atoms with Crippen LogP contribution in [0.3, 0.4) is 0 Å². The van der Waals surface area contributed by atoms with Crippen molar-refractivity contribution in [1.82, 2.24) is 20.0 Å². The van der Waals surface area contributed by atoms with Crippen LogP contribution in [0.25, 0.3) is 5.69 Å². The van der Waals surface area contributed by atoms with E-state index in [0.717, 1.165) is 43.5 Å². The number of hydrogen-bond donors (Lipinski definition) is 1. The highest BCUT2D eigenvalue weighted by Crippen LogP contribution is 2.27. The number of benzene rings is 1. The average molecular weight is 363 g/mol. The molecule has 1 aliphatic carbocycles. The first-order chi connectivity index (χ1) is 11.6. The van der Waals surface area contributed by atoms with Crippen molar-refractivity contribution in [3.8, 4) is 5.69 Å². The lowest BCUT2D eigenvalue weighted by atomic mass is 9.95. The second-order valence-electron chi connectivity index (χ2n) is 6.56. The van der Waals surface area contributed by atoms with Crippen molar-refractivity contribution in [2.75, 3.05) is 27.2 Å². The van der Waals surface area contributed by atoms with Gasteiger partial charge in [-0.05, 0) is 51.8 Å². The maximum absolute atomic E-state index is 12.8. The predicted molar refractivity (Wildman–Crippen MR) is 103 cm³/mol. The zero-order valence-electron chi connectivity index (χ0n) is 15.2. The maximum atomic E-state index is 12.8. The minimum absolute atomic E-state index is 0. The Morgan fingerprint density at radius 2 is 1.92 bits per heavy atom. The van der Waals surface area contributed by atoms with Gasteiger partial charge in [0.2, 0.25) is 0 Å². The van der Waals surface area contributed by atoms with Gasteiger partial charge in [-0.25, -0.2) is 4.68 Å². The Balaban J connectivity index is 0.00000225. The van der Waals surface area contributed by atoms with Gasteiger partial charge in [0.05, 0.1) is 5.69 Å². The van der Waals surface area contributed by atoms with E-state index in [2.05, 4.69) is 36.5 Å². The Morgan fingerprint density at radius 3 is 2.60 bits per heavy atom. The average Bonchev–Trinajstić information content (AvgIpc) is 2.99. The minimum Gasteiger partial charge on any atom is -0.339 e. The fraction of sp³-hybridized carbons (Fsp3) is 0.474. The first-order valence-corrected chi connectivity index (χ1v) is 8.69. The molecule has 1 aromatic carbocycles. The molecule has 0 saturated heterocycles. The number of nitrogens with zero attached hydrogens (tertiary/aromatic N) is 3. The number of aryl methyl sites for hydroxylation is 1. The number of hydrogen-bond acceptors (Lipinski definition) is 3. The molecule has 0 unspecified atom stereocenters. The molecule has 5 nitrogen and oxygen atoms in total. The van der Waals surface area contributed by atoms with Gasteiger partial charge in [-0.1, -0.05) is 17.7 Å². The largest absolute Gasteiger partial charge is 0.339 e. The number of likely N-dealkylation sites (N-methyl/N-ethyl adjacent to an activating group) is 2. The van der Waals surface area contributed by atoms with Crippen molar-refractivity contribution in [2.45, 2.75) is 32.6 Å². The van der Waals surface area contributed by atoms with E-state index in [9.17, 15) is 4.79 Å². The lowest BCUT2D eigenvalue weighted by Crippen LogP contribution is -2.33. The van der Waals surface area contributed by atoms with Crippen LogP contribution in [0.5, 0.6) is 0 Å². The topological polar surface area (TPSA) is 50.2 Å². The molecule has 1 amide bonds. The fourth-order valence-electron chi connectivity index (χ4n) is 3.23. The smallest absolute Gasteiger partial charge is 0.274 e. The number of carbonyl (C=O) groups is 1. The molecule has 3 rings (SSSR count). The molecule has 0 aliphatic heterocycles. The molecule has 1 aliphatic rings. The first kappa shape index (κ1) is 19.5. The van der Waals surface area contributed by atoms with Gasteiger partial charge < -0.3 is 10.2 Å². The number of aromatic nitrogens is 2. The number of halogens is 1. The summed E-state index contributed by atoms with van der Waals surface area (Å²) in [6.07, 6.45) is 4.23. The highest BCUT2D eigenvalue weighted by molar-refractivity contribution is 5.94. The lowest BCUT2D eigenvalue weighted by Gasteiger charge is -2.17. The maximum Gasteiger partial charge on any atom is 0.274 e. The molecule has 1 N–H and O–H groups in total. The van der Waals surface area contributed by atoms with Crippen molar-refractivity contribution in [3.63, 3.8) is 0 Å². The molecule has 0 spiro atoms. The molecule has 6 heteroatoms. The van der Waals surface area contributed by atoms with Gasteiger partial charge in [0.15, 0.2) is 5.69 Å². The number of fused-ring (bicyclic) bond motifs is 1. The molecule has 136 valence electrons. The predicted octanol–water partition coefficient (Wildman–Crippen LogP) is 2.77. The van der Waals surface area contributed by atoms with Crippen LogP contribution in [-0.2, 0) is 12.8 Å². The Bertz CT molecular complexity index is 724. The summed E-state index contributed by atoms with van der Waals surface area (Å²) >= 11 is 0. The fourth-order valence-corrected chi connectivity index (χ4v) is 3.23. The zero-order chi connectivity index (χ0) is 17.1. The summed E-state index contributed by atoms with van der Waals surface area (Å²) in [6.45, 7) is 3.54. The number of nitrogens with one attached hydrogen (secondary N) is 1. The molecule has 0 bridgehead atoms. The van der Waals surface area contributed by atoms with Gasteiger partial charge >= 0.3 is 0 Å². The Labute approximate surface area is 155 Å². The second-order valence-corrected chi connectivity index (χ2v) is 6.56. The summed E-state index contributed by atoms with van der Waals surface area (Å²) < 4.78 is 1.98. The lowest BCUT2D eigenvalue weighted by molar-refractivity contribution is 0.0789. The van der Waals surface area contributed by atoms with Crippen molar-refractivity contribution in [3.05, 3.63) is 46.8 Å². The molecule has 25 heavy (non-hydrogen) atoms. The SMILES string of the molecule is CNCCN(C)C(=O)c1nn(-c2ccc(C)cc2)c2c1CCCC2.Cl. The summed E-state index contributed by atoms with van der Waals surface area (Å²) in [7, 11) is 3.74. The summed E-state index contributed by atoms with van der Waals surface area (Å²) in [5.74, 6) is 0.0225. The van der Waals surface area contributed by atoms with E-state index in [1.54, 1.807) is 4.90 Å². The molecule has 0 atom stereocenters.